The van der Waals surface area contributed by atoms with Crippen LogP contribution in [0, 0.1) is 0 Å². The minimum Gasteiger partial charge on any atom is -0.356 e. The Balaban J connectivity index is 0.00000288. The van der Waals surface area contributed by atoms with Crippen molar-refractivity contribution in [1.82, 2.24) is 16.0 Å². The van der Waals surface area contributed by atoms with E-state index in [4.69, 9.17) is 0 Å². The summed E-state index contributed by atoms with van der Waals surface area (Å²) >= 11 is 0. The van der Waals surface area contributed by atoms with Crippen LogP contribution in [0.1, 0.15) is 38.2 Å². The van der Waals surface area contributed by atoms with Crippen LogP contribution in [0.3, 0.4) is 0 Å². The van der Waals surface area contributed by atoms with Gasteiger partial charge in [-0.25, -0.2) is 0 Å². The molecule has 1 aromatic rings. The van der Waals surface area contributed by atoms with Gasteiger partial charge in [0.25, 0.3) is 0 Å². The third-order valence-corrected chi connectivity index (χ3v) is 4.50. The average molecular weight is 444 g/mol. The maximum absolute atomic E-state index is 11.7. The summed E-state index contributed by atoms with van der Waals surface area (Å²) in [5, 5.41) is 9.31. The second kappa shape index (κ2) is 10.5. The Labute approximate surface area is 162 Å². The molecular weight excluding hydrogens is 415 g/mol. The lowest BCUT2D eigenvalue weighted by Gasteiger charge is -2.43. The Morgan fingerprint density at radius 3 is 2.42 bits per heavy atom. The van der Waals surface area contributed by atoms with Gasteiger partial charge >= 0.3 is 0 Å². The summed E-state index contributed by atoms with van der Waals surface area (Å²) in [6, 6.07) is 10.7. The third kappa shape index (κ3) is 5.65. The molecule has 134 valence electrons. The molecule has 0 saturated heterocycles. The lowest BCUT2D eigenvalue weighted by atomic mass is 9.64. The lowest BCUT2D eigenvalue weighted by molar-refractivity contribution is -0.120. The molecule has 0 unspecified atom stereocenters. The number of amides is 1. The number of nitrogens with one attached hydrogen (secondary N) is 3. The van der Waals surface area contributed by atoms with Crippen LogP contribution in [-0.2, 0) is 10.2 Å². The standard InChI is InChI=1S/C18H28N4O.HI/c1-3-12-20-16(23)13-21-17(19-2)22-14-18(10-7-11-18)15-8-5-4-6-9-15;/h4-6,8-9H,3,7,10-14H2,1-2H3,(H,20,23)(H2,19,21,22);1H. The first-order valence-corrected chi connectivity index (χ1v) is 8.47. The summed E-state index contributed by atoms with van der Waals surface area (Å²) in [7, 11) is 1.73. The van der Waals surface area contributed by atoms with Crippen molar-refractivity contribution in [2.45, 2.75) is 38.0 Å². The van der Waals surface area contributed by atoms with E-state index in [2.05, 4.69) is 51.3 Å². The van der Waals surface area contributed by atoms with Gasteiger partial charge in [-0.15, -0.1) is 24.0 Å². The second-order valence-electron chi connectivity index (χ2n) is 6.13. The van der Waals surface area contributed by atoms with Crippen molar-refractivity contribution < 1.29 is 4.79 Å². The van der Waals surface area contributed by atoms with E-state index in [0.717, 1.165) is 13.0 Å². The molecule has 1 saturated carbocycles. The first-order chi connectivity index (χ1) is 11.2. The molecule has 0 aliphatic heterocycles. The smallest absolute Gasteiger partial charge is 0.239 e. The average Bonchev–Trinajstić information content (AvgIpc) is 2.55. The van der Waals surface area contributed by atoms with Crippen molar-refractivity contribution in [3.05, 3.63) is 35.9 Å². The molecule has 6 heteroatoms. The molecule has 0 radical (unpaired) electrons. The number of halogens is 1. The van der Waals surface area contributed by atoms with Crippen LogP contribution in [0.15, 0.2) is 35.3 Å². The molecule has 5 nitrogen and oxygen atoms in total. The molecule has 2 rings (SSSR count). The van der Waals surface area contributed by atoms with E-state index in [9.17, 15) is 4.79 Å². The van der Waals surface area contributed by atoms with Crippen LogP contribution < -0.4 is 16.0 Å². The van der Waals surface area contributed by atoms with Crippen LogP contribution in [0.25, 0.3) is 0 Å². The summed E-state index contributed by atoms with van der Waals surface area (Å²) in [5.41, 5.74) is 1.58. The Kier molecular flexibility index (Phi) is 9.10. The number of guanidine groups is 1. The quantitative estimate of drug-likeness (QED) is 0.344. The molecule has 1 aliphatic rings. The number of benzene rings is 1. The molecule has 3 N–H and O–H groups in total. The molecule has 1 aliphatic carbocycles. The van der Waals surface area contributed by atoms with Gasteiger partial charge in [-0.05, 0) is 24.8 Å². The summed E-state index contributed by atoms with van der Waals surface area (Å²) in [4.78, 5) is 15.9. The van der Waals surface area contributed by atoms with Crippen LogP contribution in [0.2, 0.25) is 0 Å². The van der Waals surface area contributed by atoms with Gasteiger partial charge in [-0.2, -0.15) is 0 Å². The molecule has 0 spiro atoms. The van der Waals surface area contributed by atoms with Crippen LogP contribution in [-0.4, -0.2) is 38.5 Å². The number of hydrogen-bond donors (Lipinski definition) is 3. The van der Waals surface area contributed by atoms with E-state index in [-0.39, 0.29) is 41.8 Å². The molecule has 1 amide bonds. The van der Waals surface area contributed by atoms with Gasteiger partial charge in [0.2, 0.25) is 5.91 Å². The van der Waals surface area contributed by atoms with E-state index in [1.807, 2.05) is 6.92 Å². The molecular formula is C18H29IN4O. The van der Waals surface area contributed by atoms with E-state index in [0.29, 0.717) is 12.5 Å². The maximum atomic E-state index is 11.7. The monoisotopic (exact) mass is 444 g/mol. The van der Waals surface area contributed by atoms with Gasteiger partial charge in [0.05, 0.1) is 6.54 Å². The molecule has 1 fully saturated rings. The van der Waals surface area contributed by atoms with Gasteiger partial charge in [-0.3, -0.25) is 9.79 Å². The molecule has 1 aromatic carbocycles. The van der Waals surface area contributed by atoms with E-state index < -0.39 is 0 Å². The van der Waals surface area contributed by atoms with Gasteiger partial charge < -0.3 is 16.0 Å². The van der Waals surface area contributed by atoms with Gasteiger partial charge in [0, 0.05) is 25.6 Å². The molecule has 0 aromatic heterocycles. The van der Waals surface area contributed by atoms with Gasteiger partial charge in [0.1, 0.15) is 0 Å². The number of rotatable bonds is 7. The van der Waals surface area contributed by atoms with Crippen molar-refractivity contribution in [3.63, 3.8) is 0 Å². The van der Waals surface area contributed by atoms with Crippen molar-refractivity contribution in [3.8, 4) is 0 Å². The van der Waals surface area contributed by atoms with Gasteiger partial charge in [-0.1, -0.05) is 43.7 Å². The Morgan fingerprint density at radius 1 is 1.17 bits per heavy atom. The SMILES string of the molecule is CCCNC(=O)CNC(=NC)NCC1(c2ccccc2)CCC1.I. The molecule has 0 atom stereocenters. The van der Waals surface area contributed by atoms with Crippen molar-refractivity contribution in [2.24, 2.45) is 4.99 Å². The summed E-state index contributed by atoms with van der Waals surface area (Å²) in [6.45, 7) is 3.84. The summed E-state index contributed by atoms with van der Waals surface area (Å²) < 4.78 is 0. The minimum atomic E-state index is -0.00350. The fourth-order valence-corrected chi connectivity index (χ4v) is 2.93. The molecule has 24 heavy (non-hydrogen) atoms. The number of carbonyl (C=O) groups is 1. The minimum absolute atomic E-state index is 0. The van der Waals surface area contributed by atoms with Crippen LogP contribution >= 0.6 is 24.0 Å². The van der Waals surface area contributed by atoms with E-state index >= 15 is 0 Å². The summed E-state index contributed by atoms with van der Waals surface area (Å²) in [5.74, 6) is 0.676. The normalized spacial score (nSPS) is 15.7. The first kappa shape index (κ1) is 20.7. The van der Waals surface area contributed by atoms with Crippen LogP contribution in [0.5, 0.6) is 0 Å². The highest BCUT2D eigenvalue weighted by Crippen LogP contribution is 2.43. The Morgan fingerprint density at radius 2 is 1.88 bits per heavy atom. The van der Waals surface area contributed by atoms with E-state index in [1.165, 1.54) is 24.8 Å². The van der Waals surface area contributed by atoms with E-state index in [1.54, 1.807) is 7.05 Å². The van der Waals surface area contributed by atoms with Gasteiger partial charge in [0.15, 0.2) is 5.96 Å². The fourth-order valence-electron chi connectivity index (χ4n) is 2.93. The second-order valence-corrected chi connectivity index (χ2v) is 6.13. The number of carbonyl (C=O) groups excluding carboxylic acids is 1. The largest absolute Gasteiger partial charge is 0.356 e. The predicted octanol–water partition coefficient (Wildman–Crippen LogP) is 2.42. The number of hydrogen-bond acceptors (Lipinski definition) is 2. The highest BCUT2D eigenvalue weighted by atomic mass is 127. The Hall–Kier alpha value is -1.31. The molecule has 0 heterocycles. The number of aliphatic imine (C=N–C) groups is 1. The lowest BCUT2D eigenvalue weighted by Crippen LogP contribution is -2.50. The topological polar surface area (TPSA) is 65.5 Å². The zero-order valence-corrected chi connectivity index (χ0v) is 16.9. The summed E-state index contributed by atoms with van der Waals surface area (Å²) in [6.07, 6.45) is 4.59. The van der Waals surface area contributed by atoms with Crippen LogP contribution in [0.4, 0.5) is 0 Å². The number of nitrogens with zero attached hydrogens (tertiary/aromatic N) is 1. The zero-order chi connectivity index (χ0) is 16.5. The van der Waals surface area contributed by atoms with Crippen molar-refractivity contribution in [1.29, 1.82) is 0 Å². The highest BCUT2D eigenvalue weighted by molar-refractivity contribution is 14.0. The van der Waals surface area contributed by atoms with Crippen molar-refractivity contribution >= 4 is 35.8 Å². The zero-order valence-electron chi connectivity index (χ0n) is 14.6. The first-order valence-electron chi connectivity index (χ1n) is 8.47. The maximum Gasteiger partial charge on any atom is 0.239 e. The predicted molar refractivity (Wildman–Crippen MR) is 110 cm³/mol. The third-order valence-electron chi connectivity index (χ3n) is 4.50. The highest BCUT2D eigenvalue weighted by Gasteiger charge is 2.38. The fraction of sp³-hybridized carbons (Fsp3) is 0.556. The Bertz CT molecular complexity index is 529. The van der Waals surface area contributed by atoms with Crippen molar-refractivity contribution in [2.75, 3.05) is 26.7 Å². The molecule has 0 bridgehead atoms.